The van der Waals surface area contributed by atoms with Gasteiger partial charge in [0.25, 0.3) is 0 Å². The van der Waals surface area contributed by atoms with Crippen molar-refractivity contribution in [1.29, 1.82) is 0 Å². The van der Waals surface area contributed by atoms with Crippen molar-refractivity contribution in [3.63, 3.8) is 0 Å². The molecule has 0 aromatic heterocycles. The summed E-state index contributed by atoms with van der Waals surface area (Å²) >= 11 is 0. The van der Waals surface area contributed by atoms with Crippen LogP contribution < -0.4 is 10.6 Å². The molecule has 0 aromatic carbocycles. The number of likely N-dealkylation sites (N-methyl/N-ethyl adjacent to an activating group) is 1. The van der Waals surface area contributed by atoms with E-state index in [0.29, 0.717) is 12.8 Å². The largest absolute Gasteiger partial charge is 0.478 e. The van der Waals surface area contributed by atoms with Crippen LogP contribution in [0.3, 0.4) is 0 Å². The summed E-state index contributed by atoms with van der Waals surface area (Å²) in [5.41, 5.74) is -0.542. The number of aliphatic carboxylic acids is 1. The molecule has 2 amide bonds. The van der Waals surface area contributed by atoms with E-state index in [9.17, 15) is 14.4 Å². The van der Waals surface area contributed by atoms with Gasteiger partial charge in [-0.1, -0.05) is 61.0 Å². The van der Waals surface area contributed by atoms with Crippen LogP contribution in [0.2, 0.25) is 0 Å². The Kier molecular flexibility index (Phi) is 16.0. The van der Waals surface area contributed by atoms with Crippen LogP contribution in [0.4, 0.5) is 0 Å². The van der Waals surface area contributed by atoms with Crippen molar-refractivity contribution in [3.05, 3.63) is 11.6 Å². The van der Waals surface area contributed by atoms with Crippen molar-refractivity contribution in [2.45, 2.75) is 106 Å². The molecule has 0 bridgehead atoms. The molecular weight excluding hydrogens is 394 g/mol. The summed E-state index contributed by atoms with van der Waals surface area (Å²) < 4.78 is 0. The summed E-state index contributed by atoms with van der Waals surface area (Å²) in [6.45, 7) is 17.7. The van der Waals surface area contributed by atoms with Crippen molar-refractivity contribution < 1.29 is 19.5 Å². The number of carboxylic acids is 1. The smallest absolute Gasteiger partial charge is 0.331 e. The molecule has 2 unspecified atom stereocenters. The Labute approximate surface area is 190 Å². The number of nitrogens with zero attached hydrogens (tertiary/aromatic N) is 1. The monoisotopic (exact) mass is 441 g/mol. The first-order valence-electron chi connectivity index (χ1n) is 11.6. The molecule has 182 valence electrons. The summed E-state index contributed by atoms with van der Waals surface area (Å²) in [4.78, 5) is 38.4. The van der Waals surface area contributed by atoms with Gasteiger partial charge < -0.3 is 20.6 Å². The number of carbonyl (C=O) groups excluding carboxylic acids is 2. The Morgan fingerprint density at radius 2 is 1.52 bits per heavy atom. The zero-order chi connectivity index (χ0) is 24.8. The normalized spacial score (nSPS) is 13.7. The highest BCUT2D eigenvalue weighted by atomic mass is 16.4. The van der Waals surface area contributed by atoms with Gasteiger partial charge in [-0.05, 0) is 39.0 Å². The van der Waals surface area contributed by atoms with Crippen LogP contribution >= 0.6 is 0 Å². The maximum absolute atomic E-state index is 13.1. The van der Waals surface area contributed by atoms with E-state index in [0.717, 1.165) is 6.42 Å². The fourth-order valence-corrected chi connectivity index (χ4v) is 2.90. The quantitative estimate of drug-likeness (QED) is 0.398. The van der Waals surface area contributed by atoms with Crippen LogP contribution in [0.25, 0.3) is 0 Å². The lowest BCUT2D eigenvalue weighted by Crippen LogP contribution is -2.62. The number of carbonyl (C=O) groups is 3. The Hall–Kier alpha value is -1.89. The molecule has 7 heteroatoms. The summed E-state index contributed by atoms with van der Waals surface area (Å²) in [5, 5.41) is 15.3. The van der Waals surface area contributed by atoms with Crippen molar-refractivity contribution in [3.8, 4) is 0 Å². The van der Waals surface area contributed by atoms with E-state index < -0.39 is 17.6 Å². The molecule has 0 aliphatic carbocycles. The zero-order valence-electron chi connectivity index (χ0n) is 21.5. The molecule has 0 aromatic rings. The summed E-state index contributed by atoms with van der Waals surface area (Å²) in [6.07, 6.45) is 4.88. The molecule has 0 aliphatic rings. The number of rotatable bonds is 12. The van der Waals surface area contributed by atoms with Crippen LogP contribution in [-0.4, -0.2) is 59.0 Å². The number of amides is 2. The van der Waals surface area contributed by atoms with Gasteiger partial charge in [0.15, 0.2) is 0 Å². The second kappa shape index (κ2) is 15.8. The molecule has 3 N–H and O–H groups in total. The highest BCUT2D eigenvalue weighted by Crippen LogP contribution is 2.19. The zero-order valence-corrected chi connectivity index (χ0v) is 21.5. The van der Waals surface area contributed by atoms with E-state index in [-0.39, 0.29) is 35.9 Å². The minimum Gasteiger partial charge on any atom is -0.478 e. The third-order valence-electron chi connectivity index (χ3n) is 5.38. The predicted octanol–water partition coefficient (Wildman–Crippen LogP) is 3.98. The van der Waals surface area contributed by atoms with Gasteiger partial charge >= 0.3 is 5.97 Å². The van der Waals surface area contributed by atoms with Gasteiger partial charge in [-0.3, -0.25) is 9.59 Å². The van der Waals surface area contributed by atoms with Crippen molar-refractivity contribution in [2.75, 3.05) is 13.6 Å². The minimum absolute atomic E-state index is 0.0986. The van der Waals surface area contributed by atoms with E-state index in [2.05, 4.69) is 31.4 Å². The Balaban J connectivity index is 0. The van der Waals surface area contributed by atoms with Gasteiger partial charge in [0.2, 0.25) is 11.8 Å². The maximum atomic E-state index is 13.1. The highest BCUT2D eigenvalue weighted by Gasteiger charge is 2.38. The summed E-state index contributed by atoms with van der Waals surface area (Å²) in [7, 11) is 1.61. The average Bonchev–Trinajstić information content (AvgIpc) is 2.73. The first-order chi connectivity index (χ1) is 14.4. The molecule has 0 spiro atoms. The van der Waals surface area contributed by atoms with E-state index in [4.69, 9.17) is 5.11 Å². The lowest BCUT2D eigenvalue weighted by Gasteiger charge is -2.37. The number of hydrogen-bond acceptors (Lipinski definition) is 4. The third kappa shape index (κ3) is 10.8. The Morgan fingerprint density at radius 1 is 1.03 bits per heavy atom. The molecule has 0 aliphatic heterocycles. The molecule has 0 heterocycles. The lowest BCUT2D eigenvalue weighted by molar-refractivity contribution is -0.138. The SMILES string of the molecule is CCC.CCC(C)NC(CC)(CC)C(=O)NC(C(=O)N(C)C/C=C(\C)C(=O)O)C(C)C. The molecular formula is C24H47N3O4. The molecule has 0 saturated heterocycles. The van der Waals surface area contributed by atoms with E-state index >= 15 is 0 Å². The van der Waals surface area contributed by atoms with Crippen LogP contribution in [0.1, 0.15) is 88.0 Å². The molecule has 7 nitrogen and oxygen atoms in total. The van der Waals surface area contributed by atoms with E-state index in [1.54, 1.807) is 7.05 Å². The molecule has 0 fully saturated rings. The predicted molar refractivity (Wildman–Crippen MR) is 128 cm³/mol. The summed E-state index contributed by atoms with van der Waals surface area (Å²) in [5.74, 6) is -1.52. The maximum Gasteiger partial charge on any atom is 0.331 e. The standard InChI is InChI=1S/C21H39N3O4.C3H8/c1-9-16(7)23-21(10-2,11-3)20(28)22-17(14(4)5)18(25)24(8)13-12-15(6)19(26)27;1-3-2/h12,14,16-17,23H,9-11,13H2,1-8H3,(H,22,28)(H,26,27);3H2,1-2H3/b15-12+;. The fourth-order valence-electron chi connectivity index (χ4n) is 2.90. The highest BCUT2D eigenvalue weighted by molar-refractivity contribution is 5.92. The lowest BCUT2D eigenvalue weighted by atomic mass is 9.89. The number of hydrogen-bond donors (Lipinski definition) is 3. The molecule has 0 radical (unpaired) electrons. The van der Waals surface area contributed by atoms with Gasteiger partial charge in [0.05, 0.1) is 5.54 Å². The average molecular weight is 442 g/mol. The van der Waals surface area contributed by atoms with Crippen LogP contribution in [0, 0.1) is 5.92 Å². The molecule has 0 rings (SSSR count). The minimum atomic E-state index is -1.01. The van der Waals surface area contributed by atoms with Crippen LogP contribution in [-0.2, 0) is 14.4 Å². The van der Waals surface area contributed by atoms with E-state index in [1.165, 1.54) is 24.3 Å². The second-order valence-electron chi connectivity index (χ2n) is 8.56. The van der Waals surface area contributed by atoms with Gasteiger partial charge in [-0.2, -0.15) is 0 Å². The van der Waals surface area contributed by atoms with Gasteiger partial charge in [0, 0.05) is 25.2 Å². The van der Waals surface area contributed by atoms with Crippen LogP contribution in [0.15, 0.2) is 11.6 Å². The van der Waals surface area contributed by atoms with Crippen molar-refractivity contribution in [2.24, 2.45) is 5.92 Å². The molecule has 31 heavy (non-hydrogen) atoms. The first kappa shape index (κ1) is 31.3. The van der Waals surface area contributed by atoms with Gasteiger partial charge in [-0.25, -0.2) is 4.79 Å². The Morgan fingerprint density at radius 3 is 1.87 bits per heavy atom. The Bertz CT molecular complexity index is 583. The number of nitrogens with one attached hydrogen (secondary N) is 2. The van der Waals surface area contributed by atoms with Crippen molar-refractivity contribution in [1.82, 2.24) is 15.5 Å². The first-order valence-corrected chi connectivity index (χ1v) is 11.6. The van der Waals surface area contributed by atoms with Gasteiger partial charge in [-0.15, -0.1) is 0 Å². The molecule has 2 atom stereocenters. The molecule has 0 saturated carbocycles. The van der Waals surface area contributed by atoms with Gasteiger partial charge in [0.1, 0.15) is 6.04 Å². The second-order valence-corrected chi connectivity index (χ2v) is 8.56. The van der Waals surface area contributed by atoms with Crippen molar-refractivity contribution >= 4 is 17.8 Å². The fraction of sp³-hybridized carbons (Fsp3) is 0.792. The third-order valence-corrected chi connectivity index (χ3v) is 5.38. The van der Waals surface area contributed by atoms with Crippen LogP contribution in [0.5, 0.6) is 0 Å². The topological polar surface area (TPSA) is 98.7 Å². The van der Waals surface area contributed by atoms with E-state index in [1.807, 2.05) is 34.6 Å². The summed E-state index contributed by atoms with van der Waals surface area (Å²) in [6, 6.07) is -0.488. The number of carboxylic acid groups (broad SMARTS) is 1.